The fourth-order valence-electron chi connectivity index (χ4n) is 5.46. The van der Waals surface area contributed by atoms with Crippen LogP contribution in [0.25, 0.3) is 10.8 Å². The van der Waals surface area contributed by atoms with Crippen LogP contribution in [0.3, 0.4) is 0 Å². The lowest BCUT2D eigenvalue weighted by Gasteiger charge is -2.45. The minimum absolute atomic E-state index is 0.225. The Kier molecular flexibility index (Phi) is 5.75. The quantitative estimate of drug-likeness (QED) is 0.757. The second-order valence-corrected chi connectivity index (χ2v) is 8.77. The second kappa shape index (κ2) is 8.21. The summed E-state index contributed by atoms with van der Waals surface area (Å²) in [6.45, 7) is 6.52. The van der Waals surface area contributed by atoms with Crippen molar-refractivity contribution < 1.29 is 19.3 Å². The third-order valence-corrected chi connectivity index (χ3v) is 7.24. The summed E-state index contributed by atoms with van der Waals surface area (Å²) < 4.78 is 17.6. The van der Waals surface area contributed by atoms with Gasteiger partial charge in [-0.05, 0) is 68.5 Å². The number of fused-ring (bicyclic) bond motifs is 1. The maximum Gasteiger partial charge on any atom is 0.131 e. The lowest BCUT2D eigenvalue weighted by molar-refractivity contribution is 0.0683. The molecular weight excluding hydrogens is 390 g/mol. The van der Waals surface area contributed by atoms with Crippen LogP contribution < -0.4 is 4.74 Å². The Hall–Kier alpha value is -2.50. The van der Waals surface area contributed by atoms with Crippen molar-refractivity contribution in [1.29, 1.82) is 0 Å². The van der Waals surface area contributed by atoms with Crippen LogP contribution in [-0.2, 0) is 9.47 Å². The second-order valence-electron chi connectivity index (χ2n) is 8.77. The van der Waals surface area contributed by atoms with E-state index >= 15 is 0 Å². The van der Waals surface area contributed by atoms with Gasteiger partial charge in [-0.3, -0.25) is 4.90 Å². The Morgan fingerprint density at radius 2 is 1.84 bits per heavy atom. The summed E-state index contributed by atoms with van der Waals surface area (Å²) in [5.74, 6) is 1.47. The molecule has 0 radical (unpaired) electrons. The molecule has 0 fully saturated rings. The SMILES string of the molecule is COC1=CC2=C(C(OC)C1c1c(C)cc3cccc(OC)c3c1O)C(C)N(C)C(C)C2. The molecule has 4 rings (SSSR count). The predicted molar refractivity (Wildman–Crippen MR) is 124 cm³/mol. The van der Waals surface area contributed by atoms with Crippen molar-refractivity contribution in [3.05, 3.63) is 58.4 Å². The van der Waals surface area contributed by atoms with E-state index in [1.807, 2.05) is 25.1 Å². The molecule has 2 aromatic carbocycles. The maximum atomic E-state index is 11.5. The predicted octanol–water partition coefficient (Wildman–Crippen LogP) is 4.91. The summed E-state index contributed by atoms with van der Waals surface area (Å²) in [7, 11) is 7.25. The van der Waals surface area contributed by atoms with Gasteiger partial charge in [-0.15, -0.1) is 0 Å². The number of rotatable bonds is 4. The molecule has 5 nitrogen and oxygen atoms in total. The first-order chi connectivity index (χ1) is 14.8. The van der Waals surface area contributed by atoms with E-state index < -0.39 is 0 Å². The number of aromatic hydroxyl groups is 1. The van der Waals surface area contributed by atoms with Crippen LogP contribution in [0.1, 0.15) is 37.3 Å². The Labute approximate surface area is 184 Å². The molecule has 4 unspecified atom stereocenters. The van der Waals surface area contributed by atoms with Gasteiger partial charge in [-0.1, -0.05) is 18.2 Å². The third-order valence-electron chi connectivity index (χ3n) is 7.24. The van der Waals surface area contributed by atoms with Gasteiger partial charge in [0.15, 0.2) is 0 Å². The van der Waals surface area contributed by atoms with Crippen molar-refractivity contribution in [2.24, 2.45) is 0 Å². The number of phenolic OH excluding ortho intramolecular Hbond substituents is 1. The van der Waals surface area contributed by atoms with E-state index in [0.717, 1.165) is 34.1 Å². The summed E-state index contributed by atoms with van der Waals surface area (Å²) in [5.41, 5.74) is 4.39. The van der Waals surface area contributed by atoms with E-state index in [0.29, 0.717) is 11.8 Å². The van der Waals surface area contributed by atoms with Gasteiger partial charge in [0, 0.05) is 24.8 Å². The first-order valence-corrected chi connectivity index (χ1v) is 10.9. The Balaban J connectivity index is 1.96. The average Bonchev–Trinajstić information content (AvgIpc) is 2.76. The molecule has 1 aliphatic carbocycles. The number of likely N-dealkylation sites (N-methyl/N-ethyl adjacent to an activating group) is 1. The molecule has 0 aromatic heterocycles. The standard InChI is InChI=1S/C26H33NO4/c1-14-11-17-9-8-10-19(29-5)23(17)25(28)21(14)24-20(30-6)13-18-12-15(2)27(4)16(3)22(18)26(24)31-7/h8-11,13,15-16,24,26,28H,12H2,1-7H3. The Morgan fingerprint density at radius 1 is 1.10 bits per heavy atom. The van der Waals surface area contributed by atoms with Crippen LogP contribution in [0.4, 0.5) is 0 Å². The van der Waals surface area contributed by atoms with Crippen molar-refractivity contribution in [3.8, 4) is 11.5 Å². The molecule has 0 saturated carbocycles. The van der Waals surface area contributed by atoms with Crippen molar-refractivity contribution >= 4 is 10.8 Å². The van der Waals surface area contributed by atoms with E-state index in [1.165, 1.54) is 11.1 Å². The van der Waals surface area contributed by atoms with Gasteiger partial charge in [0.1, 0.15) is 17.3 Å². The molecular formula is C26H33NO4. The maximum absolute atomic E-state index is 11.5. The number of nitrogens with zero attached hydrogens (tertiary/aromatic N) is 1. The fraction of sp³-hybridized carbons (Fsp3) is 0.462. The summed E-state index contributed by atoms with van der Waals surface area (Å²) in [4.78, 5) is 2.39. The summed E-state index contributed by atoms with van der Waals surface area (Å²) in [5, 5.41) is 13.2. The molecule has 0 spiro atoms. The summed E-state index contributed by atoms with van der Waals surface area (Å²) in [6.07, 6.45) is 2.89. The molecule has 5 heteroatoms. The molecule has 2 aliphatic rings. The van der Waals surface area contributed by atoms with Crippen LogP contribution in [0.2, 0.25) is 0 Å². The van der Waals surface area contributed by atoms with Gasteiger partial charge in [0.2, 0.25) is 0 Å². The van der Waals surface area contributed by atoms with Gasteiger partial charge in [0.25, 0.3) is 0 Å². The van der Waals surface area contributed by atoms with Crippen LogP contribution in [0.5, 0.6) is 11.5 Å². The zero-order valence-electron chi connectivity index (χ0n) is 19.5. The smallest absolute Gasteiger partial charge is 0.131 e. The van der Waals surface area contributed by atoms with Crippen LogP contribution in [0, 0.1) is 6.92 Å². The molecule has 0 bridgehead atoms. The van der Waals surface area contributed by atoms with Gasteiger partial charge in [-0.25, -0.2) is 0 Å². The molecule has 166 valence electrons. The number of phenols is 1. The number of methoxy groups -OCH3 is 3. The highest BCUT2D eigenvalue weighted by molar-refractivity contribution is 5.95. The van der Waals surface area contributed by atoms with Gasteiger partial charge in [-0.2, -0.15) is 0 Å². The van der Waals surface area contributed by atoms with Crippen molar-refractivity contribution in [1.82, 2.24) is 4.90 Å². The van der Waals surface area contributed by atoms with Crippen LogP contribution >= 0.6 is 0 Å². The highest BCUT2D eigenvalue weighted by atomic mass is 16.5. The molecule has 0 saturated heterocycles. The van der Waals surface area contributed by atoms with Crippen LogP contribution in [0.15, 0.2) is 47.2 Å². The zero-order valence-corrected chi connectivity index (χ0v) is 19.5. The largest absolute Gasteiger partial charge is 0.507 e. The third kappa shape index (κ3) is 3.31. The molecule has 2 aromatic rings. The van der Waals surface area contributed by atoms with E-state index in [2.05, 4.69) is 37.9 Å². The molecule has 4 atom stereocenters. The van der Waals surface area contributed by atoms with Crippen molar-refractivity contribution in [3.63, 3.8) is 0 Å². The van der Waals surface area contributed by atoms with Crippen molar-refractivity contribution in [2.75, 3.05) is 28.4 Å². The number of allylic oxidation sites excluding steroid dienone is 1. The van der Waals surface area contributed by atoms with Gasteiger partial charge < -0.3 is 19.3 Å². The Bertz CT molecular complexity index is 1070. The van der Waals surface area contributed by atoms with E-state index in [4.69, 9.17) is 14.2 Å². The lowest BCUT2D eigenvalue weighted by atomic mass is 9.73. The Morgan fingerprint density at radius 3 is 2.48 bits per heavy atom. The number of aryl methyl sites for hydroxylation is 1. The van der Waals surface area contributed by atoms with E-state index in [-0.39, 0.29) is 23.8 Å². The number of benzene rings is 2. The highest BCUT2D eigenvalue weighted by Gasteiger charge is 2.43. The average molecular weight is 424 g/mol. The number of ether oxygens (including phenoxy) is 3. The lowest BCUT2D eigenvalue weighted by Crippen LogP contribution is -2.47. The molecule has 1 aliphatic heterocycles. The monoisotopic (exact) mass is 423 g/mol. The summed E-state index contributed by atoms with van der Waals surface area (Å²) >= 11 is 0. The molecule has 0 amide bonds. The first-order valence-electron chi connectivity index (χ1n) is 10.9. The summed E-state index contributed by atoms with van der Waals surface area (Å²) in [6, 6.07) is 8.60. The number of hydrogen-bond donors (Lipinski definition) is 1. The zero-order chi connectivity index (χ0) is 22.4. The van der Waals surface area contributed by atoms with Gasteiger partial charge in [0.05, 0.1) is 31.6 Å². The van der Waals surface area contributed by atoms with Crippen molar-refractivity contribution in [2.45, 2.75) is 51.3 Å². The first kappa shape index (κ1) is 21.7. The normalized spacial score (nSPS) is 26.6. The molecule has 1 N–H and O–H groups in total. The number of hydrogen-bond acceptors (Lipinski definition) is 5. The molecule has 1 heterocycles. The van der Waals surface area contributed by atoms with E-state index in [9.17, 15) is 5.11 Å². The topological polar surface area (TPSA) is 51.2 Å². The van der Waals surface area contributed by atoms with Crippen LogP contribution in [-0.4, -0.2) is 56.6 Å². The fourth-order valence-corrected chi connectivity index (χ4v) is 5.46. The van der Waals surface area contributed by atoms with E-state index in [1.54, 1.807) is 21.3 Å². The highest BCUT2D eigenvalue weighted by Crippen LogP contribution is 2.50. The van der Waals surface area contributed by atoms with Gasteiger partial charge >= 0.3 is 0 Å². The minimum atomic E-state index is -0.243. The minimum Gasteiger partial charge on any atom is -0.507 e. The molecule has 31 heavy (non-hydrogen) atoms.